The van der Waals surface area contributed by atoms with Gasteiger partial charge in [0.25, 0.3) is 0 Å². The Labute approximate surface area is 117 Å². The minimum Gasteiger partial charge on any atom is -0.393 e. The maximum Gasteiger partial charge on any atom is 0.0628 e. The van der Waals surface area contributed by atoms with E-state index in [2.05, 4.69) is 18.9 Å². The molecule has 3 heteroatoms. The zero-order valence-electron chi connectivity index (χ0n) is 12.7. The minimum atomic E-state index is -0.137. The van der Waals surface area contributed by atoms with Crippen LogP contribution in [0.2, 0.25) is 0 Å². The molecule has 1 fully saturated rings. The van der Waals surface area contributed by atoms with Gasteiger partial charge >= 0.3 is 0 Å². The molecule has 1 N–H and O–H groups in total. The summed E-state index contributed by atoms with van der Waals surface area (Å²) in [5.41, 5.74) is 3.68. The molecule has 0 aliphatic heterocycles. The summed E-state index contributed by atoms with van der Waals surface area (Å²) < 4.78 is 1.94. The lowest BCUT2D eigenvalue weighted by Crippen LogP contribution is -2.17. The van der Waals surface area contributed by atoms with E-state index < -0.39 is 0 Å². The number of aliphatic hydroxyl groups is 1. The summed E-state index contributed by atoms with van der Waals surface area (Å²) >= 11 is 0. The standard InChI is InChI=1S/C16H28N2O/c1-12-16(13(2)18(3)17-12)10-9-15(19)11-14-7-5-4-6-8-14/h14-15,19H,4-11H2,1-3H3. The van der Waals surface area contributed by atoms with Crippen molar-refractivity contribution < 1.29 is 5.11 Å². The van der Waals surface area contributed by atoms with Crippen LogP contribution in [0.25, 0.3) is 0 Å². The predicted octanol–water partition coefficient (Wildman–Crippen LogP) is 3.30. The first-order chi connectivity index (χ1) is 9.08. The van der Waals surface area contributed by atoms with Gasteiger partial charge in [0.1, 0.15) is 0 Å². The summed E-state index contributed by atoms with van der Waals surface area (Å²) in [5.74, 6) is 0.764. The van der Waals surface area contributed by atoms with Gasteiger partial charge in [-0.2, -0.15) is 5.10 Å². The third kappa shape index (κ3) is 3.82. The van der Waals surface area contributed by atoms with Crippen LogP contribution in [0.4, 0.5) is 0 Å². The van der Waals surface area contributed by atoms with Crippen LogP contribution in [0, 0.1) is 19.8 Å². The first-order valence-corrected chi connectivity index (χ1v) is 7.75. The zero-order chi connectivity index (χ0) is 13.8. The average Bonchev–Trinajstić information content (AvgIpc) is 2.62. The van der Waals surface area contributed by atoms with E-state index in [-0.39, 0.29) is 6.10 Å². The van der Waals surface area contributed by atoms with E-state index in [4.69, 9.17) is 0 Å². The van der Waals surface area contributed by atoms with Gasteiger partial charge in [0, 0.05) is 12.7 Å². The Bertz CT molecular complexity index is 405. The van der Waals surface area contributed by atoms with Gasteiger partial charge < -0.3 is 5.11 Å². The Morgan fingerprint density at radius 1 is 1.26 bits per heavy atom. The lowest BCUT2D eigenvalue weighted by molar-refractivity contribution is 0.122. The number of aryl methyl sites for hydroxylation is 2. The third-order valence-electron chi connectivity index (χ3n) is 4.72. The second-order valence-electron chi connectivity index (χ2n) is 6.21. The molecule has 19 heavy (non-hydrogen) atoms. The normalized spacial score (nSPS) is 18.7. The molecule has 108 valence electrons. The maximum absolute atomic E-state index is 10.2. The van der Waals surface area contributed by atoms with Crippen LogP contribution in [-0.2, 0) is 13.5 Å². The molecule has 0 saturated heterocycles. The van der Waals surface area contributed by atoms with Crippen LogP contribution in [0.3, 0.4) is 0 Å². The molecule has 0 spiro atoms. The SMILES string of the molecule is Cc1nn(C)c(C)c1CCC(O)CC1CCCCC1. The second kappa shape index (κ2) is 6.56. The summed E-state index contributed by atoms with van der Waals surface area (Å²) in [6.45, 7) is 4.18. The van der Waals surface area contributed by atoms with Gasteiger partial charge in [0.2, 0.25) is 0 Å². The minimum absolute atomic E-state index is 0.137. The number of aliphatic hydroxyl groups excluding tert-OH is 1. The largest absolute Gasteiger partial charge is 0.393 e. The maximum atomic E-state index is 10.2. The molecule has 1 atom stereocenters. The van der Waals surface area contributed by atoms with Crippen LogP contribution in [0.5, 0.6) is 0 Å². The van der Waals surface area contributed by atoms with Crippen LogP contribution >= 0.6 is 0 Å². The average molecular weight is 264 g/mol. The number of aromatic nitrogens is 2. The molecular weight excluding hydrogens is 236 g/mol. The Balaban J connectivity index is 1.80. The number of hydrogen-bond donors (Lipinski definition) is 1. The summed E-state index contributed by atoms with van der Waals surface area (Å²) in [6.07, 6.45) is 9.45. The van der Waals surface area contributed by atoms with Crippen molar-refractivity contribution >= 4 is 0 Å². The van der Waals surface area contributed by atoms with Gasteiger partial charge in [-0.25, -0.2) is 0 Å². The molecule has 1 saturated carbocycles. The third-order valence-corrected chi connectivity index (χ3v) is 4.72. The fraction of sp³-hybridized carbons (Fsp3) is 0.812. The summed E-state index contributed by atoms with van der Waals surface area (Å²) in [4.78, 5) is 0. The highest BCUT2D eigenvalue weighted by atomic mass is 16.3. The fourth-order valence-electron chi connectivity index (χ4n) is 3.42. The molecule has 1 heterocycles. The highest BCUT2D eigenvalue weighted by Crippen LogP contribution is 2.28. The van der Waals surface area contributed by atoms with Crippen molar-refractivity contribution in [2.24, 2.45) is 13.0 Å². The molecule has 1 aromatic heterocycles. The molecule has 0 radical (unpaired) electrons. The van der Waals surface area contributed by atoms with E-state index in [1.807, 2.05) is 11.7 Å². The lowest BCUT2D eigenvalue weighted by atomic mass is 9.84. The number of nitrogens with zero attached hydrogens (tertiary/aromatic N) is 2. The Hall–Kier alpha value is -0.830. The van der Waals surface area contributed by atoms with Crippen molar-refractivity contribution in [1.29, 1.82) is 0 Å². The van der Waals surface area contributed by atoms with Gasteiger partial charge in [-0.3, -0.25) is 4.68 Å². The van der Waals surface area contributed by atoms with E-state index in [1.54, 1.807) is 0 Å². The quantitative estimate of drug-likeness (QED) is 0.886. The van der Waals surface area contributed by atoms with Gasteiger partial charge in [0.15, 0.2) is 0 Å². The van der Waals surface area contributed by atoms with Crippen molar-refractivity contribution in [2.75, 3.05) is 0 Å². The molecule has 0 amide bonds. The number of rotatable bonds is 5. The summed E-state index contributed by atoms with van der Waals surface area (Å²) in [7, 11) is 1.99. The highest BCUT2D eigenvalue weighted by Gasteiger charge is 2.18. The molecule has 2 rings (SSSR count). The van der Waals surface area contributed by atoms with Crippen LogP contribution in [0.15, 0.2) is 0 Å². The fourth-order valence-corrected chi connectivity index (χ4v) is 3.42. The lowest BCUT2D eigenvalue weighted by Gasteiger charge is -2.24. The van der Waals surface area contributed by atoms with E-state index in [0.29, 0.717) is 0 Å². The molecule has 3 nitrogen and oxygen atoms in total. The van der Waals surface area contributed by atoms with Crippen molar-refractivity contribution in [2.45, 2.75) is 71.3 Å². The highest BCUT2D eigenvalue weighted by molar-refractivity contribution is 5.24. The van der Waals surface area contributed by atoms with Gasteiger partial charge in [-0.15, -0.1) is 0 Å². The van der Waals surface area contributed by atoms with E-state index in [1.165, 1.54) is 43.4 Å². The molecule has 1 unspecified atom stereocenters. The van der Waals surface area contributed by atoms with Crippen LogP contribution in [-0.4, -0.2) is 21.0 Å². The van der Waals surface area contributed by atoms with Crippen molar-refractivity contribution in [3.8, 4) is 0 Å². The van der Waals surface area contributed by atoms with Crippen molar-refractivity contribution in [1.82, 2.24) is 9.78 Å². The van der Waals surface area contributed by atoms with Gasteiger partial charge in [-0.1, -0.05) is 32.1 Å². The van der Waals surface area contributed by atoms with E-state index in [0.717, 1.165) is 30.9 Å². The Morgan fingerprint density at radius 3 is 2.53 bits per heavy atom. The smallest absolute Gasteiger partial charge is 0.0628 e. The van der Waals surface area contributed by atoms with E-state index >= 15 is 0 Å². The van der Waals surface area contributed by atoms with Crippen molar-refractivity contribution in [3.63, 3.8) is 0 Å². The van der Waals surface area contributed by atoms with Crippen molar-refractivity contribution in [3.05, 3.63) is 17.0 Å². The predicted molar refractivity (Wildman–Crippen MR) is 78.2 cm³/mol. The molecular formula is C16H28N2O. The van der Waals surface area contributed by atoms with Gasteiger partial charge in [-0.05, 0) is 44.6 Å². The monoisotopic (exact) mass is 264 g/mol. The first kappa shape index (κ1) is 14.6. The van der Waals surface area contributed by atoms with E-state index in [9.17, 15) is 5.11 Å². The van der Waals surface area contributed by atoms with Crippen LogP contribution < -0.4 is 0 Å². The van der Waals surface area contributed by atoms with Crippen LogP contribution in [0.1, 0.15) is 61.9 Å². The number of hydrogen-bond acceptors (Lipinski definition) is 2. The summed E-state index contributed by atoms with van der Waals surface area (Å²) in [6, 6.07) is 0. The molecule has 0 aromatic carbocycles. The molecule has 0 bridgehead atoms. The zero-order valence-corrected chi connectivity index (χ0v) is 12.7. The molecule has 1 aromatic rings. The van der Waals surface area contributed by atoms with Gasteiger partial charge in [0.05, 0.1) is 11.8 Å². The first-order valence-electron chi connectivity index (χ1n) is 7.75. The Kier molecular flexibility index (Phi) is 5.03. The topological polar surface area (TPSA) is 38.0 Å². The molecule has 1 aliphatic carbocycles. The molecule has 1 aliphatic rings. The summed E-state index contributed by atoms with van der Waals surface area (Å²) in [5, 5.41) is 14.7. The second-order valence-corrected chi connectivity index (χ2v) is 6.21. The Morgan fingerprint density at radius 2 is 1.95 bits per heavy atom.